The van der Waals surface area contributed by atoms with Gasteiger partial charge in [-0.1, -0.05) is 12.1 Å². The molecule has 0 bridgehead atoms. The van der Waals surface area contributed by atoms with Gasteiger partial charge in [0, 0.05) is 28.8 Å². The molecule has 20 heteroatoms. The number of aromatic carboxylic acids is 1. The van der Waals surface area contributed by atoms with Gasteiger partial charge in [-0.25, -0.2) is 29.1 Å². The van der Waals surface area contributed by atoms with Gasteiger partial charge < -0.3 is 50.6 Å². The van der Waals surface area contributed by atoms with Crippen LogP contribution >= 0.6 is 7.82 Å². The zero-order valence-electron chi connectivity index (χ0n) is 27.0. The number of esters is 1. The summed E-state index contributed by atoms with van der Waals surface area (Å²) >= 11 is 0. The van der Waals surface area contributed by atoms with E-state index in [4.69, 9.17) is 34.7 Å². The van der Waals surface area contributed by atoms with Gasteiger partial charge in [-0.3, -0.25) is 14.0 Å². The quantitative estimate of drug-likeness (QED) is 0.0836. The number of nitrogens with two attached hydrogens (primary N) is 2. The predicted octanol–water partition coefficient (Wildman–Crippen LogP) is 1.91. The van der Waals surface area contributed by atoms with Crippen LogP contribution in [-0.2, 0) is 24.2 Å². The van der Waals surface area contributed by atoms with Crippen LogP contribution in [0.2, 0.25) is 0 Å². The van der Waals surface area contributed by atoms with Crippen molar-refractivity contribution in [1.29, 1.82) is 0 Å². The Morgan fingerprint density at radius 3 is 2.55 bits per heavy atom. The maximum absolute atomic E-state index is 13.5. The molecule has 3 aromatic carbocycles. The van der Waals surface area contributed by atoms with Crippen molar-refractivity contribution in [2.45, 2.75) is 42.7 Å². The molecule has 2 aromatic heterocycles. The van der Waals surface area contributed by atoms with E-state index in [2.05, 4.69) is 15.0 Å². The standard InChI is InChI=1S/C33H29N6O13P/c34-9-8-20(27-25(41)26(42)30(49-27)39-13-38-24-28(35)36-12-37-29(24)39)52-53(46,47)51-15-5-7-18-22(11-15)48-21-10-14(40)4-6-17(21)33(18)19-3-1-2-16(31(43)44)23(19)32(45)50-33/h1-7,10-13,20,25-27,30,40-42H,8-9,34H2,(H,43,44)(H,46,47)(H2,35,36,37)/t20?,25-,26+,27+,30+,33?/m0/s1. The third kappa shape index (κ3) is 5.45. The highest BCUT2D eigenvalue weighted by Crippen LogP contribution is 2.58. The van der Waals surface area contributed by atoms with Crippen molar-refractivity contribution in [3.8, 4) is 23.0 Å². The van der Waals surface area contributed by atoms with Gasteiger partial charge in [-0.2, -0.15) is 0 Å². The highest BCUT2D eigenvalue weighted by Gasteiger charge is 2.55. The van der Waals surface area contributed by atoms with Crippen molar-refractivity contribution in [3.63, 3.8) is 0 Å². The van der Waals surface area contributed by atoms with Crippen LogP contribution in [-0.4, -0.2) is 87.7 Å². The molecule has 3 aliphatic rings. The van der Waals surface area contributed by atoms with E-state index in [9.17, 15) is 39.5 Å². The van der Waals surface area contributed by atoms with Gasteiger partial charge in [0.15, 0.2) is 23.3 Å². The average Bonchev–Trinajstić information content (AvgIpc) is 3.76. The summed E-state index contributed by atoms with van der Waals surface area (Å²) in [7, 11) is -5.08. The van der Waals surface area contributed by atoms with E-state index >= 15 is 0 Å². The molecule has 53 heavy (non-hydrogen) atoms. The van der Waals surface area contributed by atoms with Gasteiger partial charge in [0.25, 0.3) is 0 Å². The van der Waals surface area contributed by atoms with Crippen molar-refractivity contribution in [3.05, 3.63) is 95.1 Å². The van der Waals surface area contributed by atoms with Gasteiger partial charge in [0.05, 0.1) is 17.5 Å². The number of nitrogens with zero attached hydrogens (tertiary/aromatic N) is 4. The van der Waals surface area contributed by atoms with Gasteiger partial charge in [-0.15, -0.1) is 0 Å². The van der Waals surface area contributed by atoms with Crippen LogP contribution in [0.15, 0.2) is 67.3 Å². The molecule has 9 N–H and O–H groups in total. The normalized spacial score (nSPS) is 24.5. The van der Waals surface area contributed by atoms with Crippen molar-refractivity contribution < 1.29 is 62.7 Å². The number of aliphatic hydroxyl groups excluding tert-OH is 2. The molecule has 5 aromatic rings. The predicted molar refractivity (Wildman–Crippen MR) is 178 cm³/mol. The number of carbonyl (C=O) groups excluding carboxylic acids is 1. The number of phenolic OH excluding ortho intramolecular Hbond substituents is 1. The van der Waals surface area contributed by atoms with E-state index in [1.165, 1.54) is 71.8 Å². The number of nitrogen functional groups attached to an aromatic ring is 1. The zero-order valence-corrected chi connectivity index (χ0v) is 27.9. The Hall–Kier alpha value is -5.66. The van der Waals surface area contributed by atoms with E-state index in [1.807, 2.05) is 0 Å². The number of aromatic nitrogens is 4. The molecule has 1 fully saturated rings. The molecular weight excluding hydrogens is 719 g/mol. The number of fused-ring (bicyclic) bond motifs is 7. The minimum atomic E-state index is -5.08. The Kier molecular flexibility index (Phi) is 8.11. The van der Waals surface area contributed by atoms with E-state index in [-0.39, 0.29) is 80.8 Å². The first kappa shape index (κ1) is 34.4. The lowest BCUT2D eigenvalue weighted by Crippen LogP contribution is -2.41. The number of aliphatic hydroxyl groups is 2. The second-order valence-electron chi connectivity index (χ2n) is 12.4. The van der Waals surface area contributed by atoms with Crippen molar-refractivity contribution in [2.75, 3.05) is 12.3 Å². The van der Waals surface area contributed by atoms with Crippen LogP contribution in [0, 0.1) is 0 Å². The second-order valence-corrected chi connectivity index (χ2v) is 13.7. The minimum absolute atomic E-state index is 0.0296. The summed E-state index contributed by atoms with van der Waals surface area (Å²) in [5.41, 5.74) is 10.6. The number of phosphoric acid groups is 1. The maximum atomic E-state index is 13.5. The van der Waals surface area contributed by atoms with E-state index in [0.29, 0.717) is 0 Å². The molecule has 0 aliphatic carbocycles. The highest BCUT2D eigenvalue weighted by molar-refractivity contribution is 7.47. The highest BCUT2D eigenvalue weighted by atomic mass is 31.2. The lowest BCUT2D eigenvalue weighted by molar-refractivity contribution is -0.0817. The molecular formula is C33H29N6O13P. The van der Waals surface area contributed by atoms with Crippen molar-refractivity contribution >= 4 is 36.7 Å². The lowest BCUT2D eigenvalue weighted by atomic mass is 9.77. The first-order valence-corrected chi connectivity index (χ1v) is 17.4. The molecule has 1 saturated heterocycles. The summed E-state index contributed by atoms with van der Waals surface area (Å²) < 4.78 is 43.8. The van der Waals surface area contributed by atoms with Crippen LogP contribution in [0.1, 0.15) is 50.1 Å². The summed E-state index contributed by atoms with van der Waals surface area (Å²) in [6, 6.07) is 12.3. The number of phosphoric ester groups is 1. The number of phenols is 1. The van der Waals surface area contributed by atoms with Gasteiger partial charge >= 0.3 is 19.8 Å². The van der Waals surface area contributed by atoms with Crippen molar-refractivity contribution in [1.82, 2.24) is 19.5 Å². The molecule has 19 nitrogen and oxygen atoms in total. The minimum Gasteiger partial charge on any atom is -0.508 e. The SMILES string of the molecule is NCCC(OP(=O)(O)Oc1ccc2c(c1)Oc1cc(O)ccc1C21OC(=O)c2c(C(=O)O)cccc21)[C@H]1O[C@@H](n2cnc3c(N)ncnc32)[C@H](O)[C@@H]1O. The largest absolute Gasteiger partial charge is 0.527 e. The number of carboxylic acid groups (broad SMARTS) is 1. The number of hydrogen-bond donors (Lipinski definition) is 7. The number of carbonyl (C=O) groups is 2. The second kappa shape index (κ2) is 12.5. The molecule has 3 unspecified atom stereocenters. The number of rotatable bonds is 9. The fourth-order valence-electron chi connectivity index (χ4n) is 7.02. The summed E-state index contributed by atoms with van der Waals surface area (Å²) in [5, 5.41) is 42.1. The van der Waals surface area contributed by atoms with E-state index < -0.39 is 56.0 Å². The number of hydrogen-bond acceptors (Lipinski definition) is 16. The maximum Gasteiger partial charge on any atom is 0.527 e. The summed E-state index contributed by atoms with van der Waals surface area (Å²) in [6.45, 7) is -0.0828. The molecule has 5 heterocycles. The monoisotopic (exact) mass is 748 g/mol. The Balaban J connectivity index is 1.10. The van der Waals surface area contributed by atoms with Crippen LogP contribution in [0.5, 0.6) is 23.0 Å². The topological polar surface area (TPSA) is 294 Å². The number of ether oxygens (including phenoxy) is 3. The van der Waals surface area contributed by atoms with Gasteiger partial charge in [-0.05, 0) is 43.3 Å². The molecule has 274 valence electrons. The summed E-state index contributed by atoms with van der Waals surface area (Å²) in [6.07, 6.45) is -4.86. The number of imidazole rings is 1. The number of benzene rings is 3. The number of aromatic hydroxyl groups is 1. The third-order valence-electron chi connectivity index (χ3n) is 9.26. The Morgan fingerprint density at radius 2 is 1.79 bits per heavy atom. The summed E-state index contributed by atoms with van der Waals surface area (Å²) in [5.74, 6) is -2.61. The molecule has 3 aliphatic heterocycles. The first-order valence-electron chi connectivity index (χ1n) is 15.9. The van der Waals surface area contributed by atoms with Crippen molar-refractivity contribution in [2.24, 2.45) is 5.73 Å². The fraction of sp³-hybridized carbons (Fsp3) is 0.242. The van der Waals surface area contributed by atoms with E-state index in [1.54, 1.807) is 0 Å². The molecule has 0 saturated carbocycles. The Morgan fingerprint density at radius 1 is 1.04 bits per heavy atom. The zero-order chi connectivity index (χ0) is 37.4. The molecule has 0 radical (unpaired) electrons. The van der Waals surface area contributed by atoms with E-state index in [0.717, 1.165) is 0 Å². The fourth-order valence-corrected chi connectivity index (χ4v) is 8.01. The lowest BCUT2D eigenvalue weighted by Gasteiger charge is -2.36. The molecule has 7 atom stereocenters. The van der Waals surface area contributed by atoms with Crippen LogP contribution in [0.4, 0.5) is 5.82 Å². The summed E-state index contributed by atoms with van der Waals surface area (Å²) in [4.78, 5) is 48.5. The van der Waals surface area contributed by atoms with Crippen LogP contribution in [0.3, 0.4) is 0 Å². The molecule has 1 spiro atoms. The smallest absolute Gasteiger partial charge is 0.508 e. The Labute approximate surface area is 297 Å². The number of carboxylic acids is 1. The number of anilines is 1. The molecule has 8 rings (SSSR count). The average molecular weight is 749 g/mol. The Bertz CT molecular complexity index is 2370. The third-order valence-corrected chi connectivity index (χ3v) is 10.2. The van der Waals surface area contributed by atoms with Gasteiger partial charge in [0.1, 0.15) is 59.3 Å². The van der Waals surface area contributed by atoms with Gasteiger partial charge in [0.2, 0.25) is 0 Å². The molecule has 0 amide bonds. The first-order chi connectivity index (χ1) is 25.3. The van der Waals surface area contributed by atoms with Crippen LogP contribution in [0.25, 0.3) is 11.2 Å². The van der Waals surface area contributed by atoms with Crippen LogP contribution < -0.4 is 20.7 Å².